The molecule has 2 rings (SSSR count). The summed E-state index contributed by atoms with van der Waals surface area (Å²) in [5.74, 6) is 0. The van der Waals surface area contributed by atoms with Gasteiger partial charge in [-0.15, -0.1) is 0 Å². The average Bonchev–Trinajstić information content (AvgIpc) is 2.81. The van der Waals surface area contributed by atoms with E-state index in [0.717, 1.165) is 51.7 Å². The summed E-state index contributed by atoms with van der Waals surface area (Å²) in [5.41, 5.74) is 0. The molecule has 0 radical (unpaired) electrons. The Morgan fingerprint density at radius 2 is 1.91 bits per heavy atom. The number of hydrogen-bond acceptors (Lipinski definition) is 4. The number of amides is 2. The van der Waals surface area contributed by atoms with Crippen LogP contribution in [-0.2, 0) is 0 Å². The second-order valence-electron chi connectivity index (χ2n) is 7.07. The van der Waals surface area contributed by atoms with Crippen molar-refractivity contribution >= 4 is 17.8 Å². The number of piperidine rings is 1. The molecule has 2 fully saturated rings. The molecule has 23 heavy (non-hydrogen) atoms. The Balaban J connectivity index is 1.64. The fourth-order valence-corrected chi connectivity index (χ4v) is 4.30. The van der Waals surface area contributed by atoms with Crippen LogP contribution in [0.4, 0.5) is 4.79 Å². The van der Waals surface area contributed by atoms with Crippen LogP contribution in [0.5, 0.6) is 0 Å². The molecule has 0 aromatic carbocycles. The van der Waals surface area contributed by atoms with E-state index in [4.69, 9.17) is 0 Å². The van der Waals surface area contributed by atoms with E-state index in [-0.39, 0.29) is 6.03 Å². The summed E-state index contributed by atoms with van der Waals surface area (Å²) in [7, 11) is 4.34. The first-order valence-corrected chi connectivity index (χ1v) is 10.3. The fraction of sp³-hybridized carbons (Fsp3) is 0.941. The normalized spacial score (nSPS) is 24.7. The molecule has 1 unspecified atom stereocenters. The first kappa shape index (κ1) is 18.9. The lowest BCUT2D eigenvalue weighted by Crippen LogP contribution is -2.47. The minimum atomic E-state index is 0.133. The van der Waals surface area contributed by atoms with Crippen LogP contribution in [0.1, 0.15) is 32.1 Å². The molecule has 2 saturated heterocycles. The van der Waals surface area contributed by atoms with Gasteiger partial charge in [0, 0.05) is 37.5 Å². The number of nitrogens with one attached hydrogen (secondary N) is 1. The van der Waals surface area contributed by atoms with Crippen LogP contribution >= 0.6 is 11.8 Å². The molecule has 5 nitrogen and oxygen atoms in total. The highest BCUT2D eigenvalue weighted by Gasteiger charge is 2.22. The van der Waals surface area contributed by atoms with Gasteiger partial charge in [0.1, 0.15) is 0 Å². The topological polar surface area (TPSA) is 38.8 Å². The van der Waals surface area contributed by atoms with Crippen molar-refractivity contribution in [2.45, 2.75) is 43.4 Å². The van der Waals surface area contributed by atoms with Crippen LogP contribution < -0.4 is 5.32 Å². The maximum Gasteiger partial charge on any atom is 0.317 e. The summed E-state index contributed by atoms with van der Waals surface area (Å²) in [4.78, 5) is 19.2. The minimum Gasteiger partial charge on any atom is -0.337 e. The number of carbonyl (C=O) groups is 1. The van der Waals surface area contributed by atoms with Crippen molar-refractivity contribution in [1.29, 1.82) is 0 Å². The van der Waals surface area contributed by atoms with E-state index in [0.29, 0.717) is 5.25 Å². The maximum absolute atomic E-state index is 12.4. The number of urea groups is 1. The van der Waals surface area contributed by atoms with Gasteiger partial charge in [0.05, 0.1) is 0 Å². The summed E-state index contributed by atoms with van der Waals surface area (Å²) < 4.78 is 0. The van der Waals surface area contributed by atoms with Gasteiger partial charge < -0.3 is 20.0 Å². The molecular formula is C17H34N4OS. The van der Waals surface area contributed by atoms with Gasteiger partial charge in [0.25, 0.3) is 0 Å². The van der Waals surface area contributed by atoms with Crippen molar-refractivity contribution in [3.8, 4) is 0 Å². The molecule has 6 heteroatoms. The van der Waals surface area contributed by atoms with Gasteiger partial charge in [0.2, 0.25) is 0 Å². The molecule has 2 amide bonds. The van der Waals surface area contributed by atoms with Gasteiger partial charge >= 0.3 is 6.03 Å². The summed E-state index contributed by atoms with van der Waals surface area (Å²) in [6.45, 7) is 5.86. The Kier molecular flexibility index (Phi) is 7.99. The Morgan fingerprint density at radius 1 is 1.17 bits per heavy atom. The Hall–Kier alpha value is -0.460. The van der Waals surface area contributed by atoms with Gasteiger partial charge in [-0.2, -0.15) is 11.8 Å². The molecule has 0 bridgehead atoms. The maximum atomic E-state index is 12.4. The van der Waals surface area contributed by atoms with Crippen molar-refractivity contribution in [2.24, 2.45) is 0 Å². The molecule has 0 aromatic heterocycles. The molecule has 0 aromatic rings. The number of rotatable bonds is 5. The summed E-state index contributed by atoms with van der Waals surface area (Å²) in [5, 5.41) is 3.74. The lowest BCUT2D eigenvalue weighted by Gasteiger charge is -2.35. The van der Waals surface area contributed by atoms with Crippen LogP contribution in [0, 0.1) is 0 Å². The average molecular weight is 343 g/mol. The molecule has 1 atom stereocenters. The largest absolute Gasteiger partial charge is 0.337 e. The molecule has 2 aliphatic heterocycles. The lowest BCUT2D eigenvalue weighted by atomic mass is 10.0. The standard InChI is InChI=1S/C17H34N4OS/c1-19(2)15-7-11-20(12-8-15)13-9-18-17(22)21-10-5-4-6-16(14-21)23-3/h15-16H,4-14H2,1-3H3,(H,18,22). The zero-order chi connectivity index (χ0) is 16.7. The molecule has 1 N–H and O–H groups in total. The van der Waals surface area contributed by atoms with E-state index in [1.807, 2.05) is 16.7 Å². The molecular weight excluding hydrogens is 308 g/mol. The van der Waals surface area contributed by atoms with Crippen LogP contribution in [0.15, 0.2) is 0 Å². The molecule has 0 saturated carbocycles. The third-order valence-electron chi connectivity index (χ3n) is 5.24. The number of thioether (sulfide) groups is 1. The molecule has 0 aliphatic carbocycles. The third-order valence-corrected chi connectivity index (χ3v) is 6.29. The van der Waals surface area contributed by atoms with Gasteiger partial charge in [-0.25, -0.2) is 4.79 Å². The highest BCUT2D eigenvalue weighted by atomic mass is 32.2. The summed E-state index contributed by atoms with van der Waals surface area (Å²) >= 11 is 1.90. The Bertz CT molecular complexity index is 359. The predicted molar refractivity (Wildman–Crippen MR) is 99.3 cm³/mol. The zero-order valence-electron chi connectivity index (χ0n) is 15.1. The Morgan fingerprint density at radius 3 is 2.57 bits per heavy atom. The third kappa shape index (κ3) is 6.16. The number of likely N-dealkylation sites (tertiary alicyclic amines) is 2. The monoisotopic (exact) mass is 342 g/mol. The fourth-order valence-electron chi connectivity index (χ4n) is 3.57. The van der Waals surface area contributed by atoms with Crippen LogP contribution in [-0.4, -0.2) is 91.6 Å². The second kappa shape index (κ2) is 9.74. The lowest BCUT2D eigenvalue weighted by molar-refractivity contribution is 0.144. The zero-order valence-corrected chi connectivity index (χ0v) is 15.9. The summed E-state index contributed by atoms with van der Waals surface area (Å²) in [6, 6.07) is 0.857. The Labute approximate surface area is 146 Å². The van der Waals surface area contributed by atoms with Gasteiger partial charge in [-0.1, -0.05) is 6.42 Å². The van der Waals surface area contributed by atoms with Crippen molar-refractivity contribution in [3.05, 3.63) is 0 Å². The van der Waals surface area contributed by atoms with Crippen LogP contribution in [0.2, 0.25) is 0 Å². The van der Waals surface area contributed by atoms with E-state index < -0.39 is 0 Å². The van der Waals surface area contributed by atoms with E-state index >= 15 is 0 Å². The van der Waals surface area contributed by atoms with Crippen molar-refractivity contribution in [2.75, 3.05) is 59.6 Å². The van der Waals surface area contributed by atoms with Crippen molar-refractivity contribution in [1.82, 2.24) is 20.0 Å². The second-order valence-corrected chi connectivity index (χ2v) is 8.21. The molecule has 0 spiro atoms. The number of hydrogen-bond donors (Lipinski definition) is 1. The minimum absolute atomic E-state index is 0.133. The first-order valence-electron chi connectivity index (χ1n) is 9.04. The summed E-state index contributed by atoms with van der Waals surface area (Å²) in [6.07, 6.45) is 8.26. The number of nitrogens with zero attached hydrogens (tertiary/aromatic N) is 3. The van der Waals surface area contributed by atoms with E-state index in [1.54, 1.807) is 0 Å². The molecule has 134 valence electrons. The van der Waals surface area contributed by atoms with Crippen molar-refractivity contribution < 1.29 is 4.79 Å². The molecule has 2 aliphatic rings. The predicted octanol–water partition coefficient (Wildman–Crippen LogP) is 1.94. The van der Waals surface area contributed by atoms with Gasteiger partial charge in [0.15, 0.2) is 0 Å². The van der Waals surface area contributed by atoms with E-state index in [2.05, 4.69) is 35.5 Å². The van der Waals surface area contributed by atoms with Crippen molar-refractivity contribution in [3.63, 3.8) is 0 Å². The van der Waals surface area contributed by atoms with Gasteiger partial charge in [-0.05, 0) is 59.1 Å². The highest BCUT2D eigenvalue weighted by Crippen LogP contribution is 2.20. The SMILES string of the molecule is CSC1CCCCN(C(=O)NCCN2CCC(N(C)C)CC2)C1. The van der Waals surface area contributed by atoms with E-state index in [1.165, 1.54) is 25.7 Å². The van der Waals surface area contributed by atoms with Crippen LogP contribution in [0.3, 0.4) is 0 Å². The quantitative estimate of drug-likeness (QED) is 0.829. The van der Waals surface area contributed by atoms with E-state index in [9.17, 15) is 4.79 Å². The van der Waals surface area contributed by atoms with Gasteiger partial charge in [-0.3, -0.25) is 0 Å². The first-order chi connectivity index (χ1) is 11.1. The van der Waals surface area contributed by atoms with Crippen LogP contribution in [0.25, 0.3) is 0 Å². The number of carbonyl (C=O) groups excluding carboxylic acids is 1. The highest BCUT2D eigenvalue weighted by molar-refractivity contribution is 7.99. The smallest absolute Gasteiger partial charge is 0.317 e. The molecule has 2 heterocycles.